The summed E-state index contributed by atoms with van der Waals surface area (Å²) in [5.74, 6) is 6.75. The molecular weight excluding hydrogens is 540 g/mol. The van der Waals surface area contributed by atoms with Crippen molar-refractivity contribution in [3.05, 3.63) is 107 Å². The summed E-state index contributed by atoms with van der Waals surface area (Å²) in [5, 5.41) is 5.02. The highest BCUT2D eigenvalue weighted by Gasteiger charge is 2.32. The lowest BCUT2D eigenvalue weighted by Gasteiger charge is -2.29. The fourth-order valence-corrected chi connectivity index (χ4v) is 6.18. The molecular formula is C36H35ClN4O. The highest BCUT2D eigenvalue weighted by molar-refractivity contribution is 6.30. The molecule has 2 aliphatic heterocycles. The quantitative estimate of drug-likeness (QED) is 0.234. The maximum absolute atomic E-state index is 14.3. The first-order valence-electron chi connectivity index (χ1n) is 14.8. The Kier molecular flexibility index (Phi) is 8.55. The lowest BCUT2D eigenvalue weighted by Crippen LogP contribution is -2.42. The molecule has 0 saturated carbocycles. The fraction of sp³-hybridized carbons (Fsp3) is 0.278. The van der Waals surface area contributed by atoms with Crippen molar-refractivity contribution in [1.82, 2.24) is 14.8 Å². The summed E-state index contributed by atoms with van der Waals surface area (Å²) < 4.78 is 0. The van der Waals surface area contributed by atoms with Crippen molar-refractivity contribution in [1.29, 1.82) is 0 Å². The molecule has 2 fully saturated rings. The normalized spacial score (nSPS) is 16.8. The molecule has 4 aromatic rings. The van der Waals surface area contributed by atoms with Crippen molar-refractivity contribution in [2.75, 3.05) is 31.5 Å². The first-order valence-corrected chi connectivity index (χ1v) is 15.1. The van der Waals surface area contributed by atoms with Crippen molar-refractivity contribution >= 4 is 34.2 Å². The van der Waals surface area contributed by atoms with Crippen LogP contribution in [0.4, 0.5) is 5.82 Å². The van der Waals surface area contributed by atoms with Crippen LogP contribution in [0.2, 0.25) is 5.02 Å². The van der Waals surface area contributed by atoms with Crippen LogP contribution in [0.3, 0.4) is 0 Å². The van der Waals surface area contributed by atoms with Crippen molar-refractivity contribution < 1.29 is 4.79 Å². The summed E-state index contributed by atoms with van der Waals surface area (Å²) in [6.45, 7) is 8.28. The van der Waals surface area contributed by atoms with E-state index in [9.17, 15) is 4.79 Å². The van der Waals surface area contributed by atoms with Gasteiger partial charge in [-0.3, -0.25) is 4.79 Å². The van der Waals surface area contributed by atoms with Crippen molar-refractivity contribution in [3.8, 4) is 23.0 Å². The van der Waals surface area contributed by atoms with Crippen molar-refractivity contribution in [2.24, 2.45) is 0 Å². The van der Waals surface area contributed by atoms with E-state index in [1.807, 2.05) is 48.5 Å². The molecule has 0 radical (unpaired) electrons. The van der Waals surface area contributed by atoms with Gasteiger partial charge in [0, 0.05) is 41.6 Å². The maximum atomic E-state index is 14.3. The van der Waals surface area contributed by atoms with E-state index in [2.05, 4.69) is 57.8 Å². The second-order valence-electron chi connectivity index (χ2n) is 11.1. The number of benzene rings is 3. The first-order chi connectivity index (χ1) is 20.6. The van der Waals surface area contributed by atoms with E-state index in [4.69, 9.17) is 16.6 Å². The number of fused-ring (bicyclic) bond motifs is 1. The number of halogens is 1. The van der Waals surface area contributed by atoms with Crippen molar-refractivity contribution in [2.45, 2.75) is 38.3 Å². The van der Waals surface area contributed by atoms with Gasteiger partial charge in [0.2, 0.25) is 0 Å². The minimum Gasteiger partial charge on any atom is -0.366 e. The highest BCUT2D eigenvalue weighted by atomic mass is 35.5. The standard InChI is InChI=1S/C36H35ClN4O/c1-2-3-7-26-9-13-28(14-10-26)29-15-18-34-32(22-29)33(23-35(39-34)38-24-27-11-16-30(37)17-12-27)36(42)41-21-6-8-31(41)25-40-19-4-5-20-40/h2,9-18,22-23,31H,1,4-6,8,19-21,24-25H2,(H,38,39). The molecule has 1 atom stereocenters. The number of rotatable bonds is 7. The molecule has 212 valence electrons. The number of hydrogen-bond acceptors (Lipinski definition) is 4. The summed E-state index contributed by atoms with van der Waals surface area (Å²) in [6, 6.07) is 24.3. The Morgan fingerprint density at radius 1 is 0.976 bits per heavy atom. The zero-order valence-corrected chi connectivity index (χ0v) is 24.5. The summed E-state index contributed by atoms with van der Waals surface area (Å²) in [7, 11) is 0. The molecule has 3 aromatic carbocycles. The predicted octanol–water partition coefficient (Wildman–Crippen LogP) is 7.41. The molecule has 6 heteroatoms. The van der Waals surface area contributed by atoms with Gasteiger partial charge in [-0.2, -0.15) is 0 Å². The number of pyridine rings is 1. The Labute approximate surface area is 253 Å². The lowest BCUT2D eigenvalue weighted by atomic mass is 9.99. The Morgan fingerprint density at radius 2 is 1.74 bits per heavy atom. The van der Waals surface area contributed by atoms with Crippen LogP contribution in [0.5, 0.6) is 0 Å². The van der Waals surface area contributed by atoms with Gasteiger partial charge in [-0.25, -0.2) is 4.98 Å². The number of hydrogen-bond donors (Lipinski definition) is 1. The predicted molar refractivity (Wildman–Crippen MR) is 173 cm³/mol. The van der Waals surface area contributed by atoms with E-state index in [0.29, 0.717) is 22.9 Å². The van der Waals surface area contributed by atoms with E-state index in [1.165, 1.54) is 12.8 Å². The number of nitrogens with zero attached hydrogens (tertiary/aromatic N) is 3. The van der Waals surface area contributed by atoms with Gasteiger partial charge >= 0.3 is 0 Å². The van der Waals surface area contributed by atoms with Crippen molar-refractivity contribution in [3.63, 3.8) is 0 Å². The molecule has 0 aliphatic carbocycles. The molecule has 0 spiro atoms. The Bertz CT molecular complexity index is 1650. The third-order valence-corrected chi connectivity index (χ3v) is 8.52. The molecule has 1 N–H and O–H groups in total. The van der Waals surface area contributed by atoms with E-state index in [-0.39, 0.29) is 11.9 Å². The molecule has 1 aromatic heterocycles. The molecule has 3 heterocycles. The zero-order chi connectivity index (χ0) is 28.9. The average Bonchev–Trinajstić information content (AvgIpc) is 3.72. The van der Waals surface area contributed by atoms with E-state index in [1.54, 1.807) is 6.08 Å². The molecule has 0 bridgehead atoms. The number of anilines is 1. The van der Waals surface area contributed by atoms with E-state index < -0.39 is 0 Å². The number of likely N-dealkylation sites (tertiary alicyclic amines) is 2. The molecule has 2 aliphatic rings. The van der Waals surface area contributed by atoms with Crippen LogP contribution in [0.1, 0.15) is 47.2 Å². The monoisotopic (exact) mass is 574 g/mol. The van der Waals surface area contributed by atoms with Crippen LogP contribution in [0, 0.1) is 11.8 Å². The van der Waals surface area contributed by atoms with Gasteiger partial charge in [0.1, 0.15) is 5.82 Å². The van der Waals surface area contributed by atoms with Gasteiger partial charge in [0.25, 0.3) is 5.91 Å². The Hall–Kier alpha value is -4.11. The summed E-state index contributed by atoms with van der Waals surface area (Å²) in [4.78, 5) is 23.9. The smallest absolute Gasteiger partial charge is 0.254 e. The number of aromatic nitrogens is 1. The Morgan fingerprint density at radius 3 is 2.50 bits per heavy atom. The minimum atomic E-state index is 0.0887. The fourth-order valence-electron chi connectivity index (χ4n) is 6.06. The van der Waals surface area contributed by atoms with Crippen LogP contribution < -0.4 is 5.32 Å². The average molecular weight is 575 g/mol. The third kappa shape index (κ3) is 6.36. The third-order valence-electron chi connectivity index (χ3n) is 8.27. The minimum absolute atomic E-state index is 0.0887. The van der Waals surface area contributed by atoms with Crippen LogP contribution in [-0.2, 0) is 6.54 Å². The maximum Gasteiger partial charge on any atom is 0.254 e. The van der Waals surface area contributed by atoms with Gasteiger partial charge in [-0.1, -0.05) is 60.4 Å². The molecule has 5 nitrogen and oxygen atoms in total. The second-order valence-corrected chi connectivity index (χ2v) is 11.6. The molecule has 6 rings (SSSR count). The lowest BCUT2D eigenvalue weighted by molar-refractivity contribution is 0.0710. The van der Waals surface area contributed by atoms with Crippen LogP contribution in [-0.4, -0.2) is 52.9 Å². The molecule has 1 amide bonds. The number of allylic oxidation sites excluding steroid dienone is 1. The van der Waals surface area contributed by atoms with Gasteiger partial charge in [-0.15, -0.1) is 0 Å². The van der Waals surface area contributed by atoms with Crippen LogP contribution >= 0.6 is 11.6 Å². The Balaban J connectivity index is 1.35. The SMILES string of the molecule is C=CC#Cc1ccc(-c2ccc3nc(NCc4ccc(Cl)cc4)cc(C(=O)N4CCCC4CN4CCCC4)c3c2)cc1. The number of carbonyl (C=O) groups is 1. The first kappa shape index (κ1) is 28.0. The molecule has 1 unspecified atom stereocenters. The molecule has 42 heavy (non-hydrogen) atoms. The van der Waals surface area contributed by atoms with E-state index >= 15 is 0 Å². The summed E-state index contributed by atoms with van der Waals surface area (Å²) in [6.07, 6.45) is 6.20. The number of amides is 1. The summed E-state index contributed by atoms with van der Waals surface area (Å²) in [5.41, 5.74) is 5.63. The van der Waals surface area contributed by atoms with Crippen LogP contribution in [0.25, 0.3) is 22.0 Å². The zero-order valence-electron chi connectivity index (χ0n) is 23.8. The van der Waals surface area contributed by atoms with Gasteiger partial charge < -0.3 is 15.1 Å². The second kappa shape index (κ2) is 12.8. The van der Waals surface area contributed by atoms with Gasteiger partial charge in [0.05, 0.1) is 11.1 Å². The van der Waals surface area contributed by atoms with Gasteiger partial charge in [0.15, 0.2) is 0 Å². The molecule has 2 saturated heterocycles. The topological polar surface area (TPSA) is 48.5 Å². The number of carbonyl (C=O) groups excluding carboxylic acids is 1. The van der Waals surface area contributed by atoms with Crippen LogP contribution in [0.15, 0.2) is 85.5 Å². The largest absolute Gasteiger partial charge is 0.366 e. The highest BCUT2D eigenvalue weighted by Crippen LogP contribution is 2.31. The van der Waals surface area contributed by atoms with Gasteiger partial charge in [-0.05, 0) is 104 Å². The number of nitrogens with one attached hydrogen (secondary N) is 1. The van der Waals surface area contributed by atoms with E-state index in [0.717, 1.165) is 72.2 Å². The summed E-state index contributed by atoms with van der Waals surface area (Å²) >= 11 is 6.07.